The Morgan fingerprint density at radius 1 is 1.57 bits per heavy atom. The van der Waals surface area contributed by atoms with Crippen LogP contribution in [0.3, 0.4) is 0 Å². The normalized spacial score (nSPS) is 10.1. The van der Waals surface area contributed by atoms with Gasteiger partial charge in [-0.3, -0.25) is 4.79 Å². The summed E-state index contributed by atoms with van der Waals surface area (Å²) < 4.78 is 6.36. The third-order valence-corrected chi connectivity index (χ3v) is 2.59. The summed E-state index contributed by atoms with van der Waals surface area (Å²) in [5.41, 5.74) is 0. The van der Waals surface area contributed by atoms with Gasteiger partial charge in [0.15, 0.2) is 5.76 Å². The third kappa shape index (κ3) is 3.32. The molecule has 14 heavy (non-hydrogen) atoms. The lowest BCUT2D eigenvalue weighted by molar-refractivity contribution is 0.0924. The number of carbonyl (C=O) groups is 1. The van der Waals surface area contributed by atoms with Gasteiger partial charge in [-0.05, 0) is 18.6 Å². The highest BCUT2D eigenvalue weighted by molar-refractivity contribution is 14.1. The first-order chi connectivity index (χ1) is 6.77. The van der Waals surface area contributed by atoms with Crippen LogP contribution in [0.25, 0.3) is 0 Å². The molecule has 78 valence electrons. The summed E-state index contributed by atoms with van der Waals surface area (Å²) in [4.78, 5) is 11.4. The molecule has 1 rings (SSSR count). The van der Waals surface area contributed by atoms with E-state index in [0.29, 0.717) is 12.3 Å². The molecule has 1 aromatic rings. The lowest BCUT2D eigenvalue weighted by Crippen LogP contribution is -2.24. The number of carbonyl (C=O) groups excluding carboxylic acids is 1. The molecule has 0 saturated heterocycles. The fraction of sp³-hybridized carbons (Fsp3) is 0.500. The number of hydrogen-bond donors (Lipinski definition) is 1. The molecule has 0 bridgehead atoms. The lowest BCUT2D eigenvalue weighted by atomic mass is 10.3. The summed E-state index contributed by atoms with van der Waals surface area (Å²) in [5.74, 6) is 1.15. The Kier molecular flexibility index (Phi) is 5.00. The first-order valence-electron chi connectivity index (χ1n) is 4.70. The molecule has 0 aliphatic heterocycles. The maximum Gasteiger partial charge on any atom is 0.286 e. The minimum absolute atomic E-state index is 0.116. The van der Waals surface area contributed by atoms with E-state index in [0.717, 1.165) is 23.0 Å². The molecule has 0 aliphatic carbocycles. The van der Waals surface area contributed by atoms with Crippen LogP contribution in [0.15, 0.2) is 16.5 Å². The molecule has 1 N–H and O–H groups in total. The summed E-state index contributed by atoms with van der Waals surface area (Å²) >= 11 is 2.28. The van der Waals surface area contributed by atoms with Crippen molar-refractivity contribution < 1.29 is 9.21 Å². The van der Waals surface area contributed by atoms with Gasteiger partial charge in [-0.1, -0.05) is 29.5 Å². The van der Waals surface area contributed by atoms with Crippen molar-refractivity contribution in [2.24, 2.45) is 0 Å². The van der Waals surface area contributed by atoms with E-state index in [-0.39, 0.29) is 5.91 Å². The van der Waals surface area contributed by atoms with Gasteiger partial charge in [-0.25, -0.2) is 0 Å². The Hall–Kier alpha value is -0.520. The summed E-state index contributed by atoms with van der Waals surface area (Å²) in [6.07, 6.45) is 1.81. The van der Waals surface area contributed by atoms with Crippen LogP contribution in [0.2, 0.25) is 0 Å². The molecule has 0 unspecified atom stereocenters. The van der Waals surface area contributed by atoms with Gasteiger partial charge in [0.25, 0.3) is 5.91 Å². The van der Waals surface area contributed by atoms with Gasteiger partial charge in [0, 0.05) is 17.4 Å². The van der Waals surface area contributed by atoms with Crippen LogP contribution in [0.1, 0.15) is 29.7 Å². The third-order valence-electron chi connectivity index (χ3n) is 1.83. The molecule has 1 amide bonds. The molecule has 0 radical (unpaired) electrons. The van der Waals surface area contributed by atoms with E-state index < -0.39 is 0 Å². The molecular weight excluding hydrogens is 293 g/mol. The van der Waals surface area contributed by atoms with Crippen LogP contribution in [-0.4, -0.2) is 16.9 Å². The van der Waals surface area contributed by atoms with Gasteiger partial charge in [-0.15, -0.1) is 0 Å². The SMILES string of the molecule is CCc1ccc(C(=O)NCCCI)o1. The largest absolute Gasteiger partial charge is 0.456 e. The summed E-state index contributed by atoms with van der Waals surface area (Å²) in [6, 6.07) is 3.56. The Morgan fingerprint density at radius 3 is 2.93 bits per heavy atom. The smallest absolute Gasteiger partial charge is 0.286 e. The zero-order valence-electron chi connectivity index (χ0n) is 8.18. The van der Waals surface area contributed by atoms with Crippen LogP contribution in [0.4, 0.5) is 0 Å². The van der Waals surface area contributed by atoms with Crippen molar-refractivity contribution in [2.45, 2.75) is 19.8 Å². The van der Waals surface area contributed by atoms with Crippen LogP contribution < -0.4 is 5.32 Å². The van der Waals surface area contributed by atoms with Crippen LogP contribution in [0.5, 0.6) is 0 Å². The summed E-state index contributed by atoms with van der Waals surface area (Å²) in [6.45, 7) is 2.71. The van der Waals surface area contributed by atoms with Crippen molar-refractivity contribution in [3.63, 3.8) is 0 Å². The lowest BCUT2D eigenvalue weighted by Gasteiger charge is -2.00. The minimum atomic E-state index is -0.116. The highest BCUT2D eigenvalue weighted by Gasteiger charge is 2.08. The zero-order chi connectivity index (χ0) is 10.4. The second-order valence-corrected chi connectivity index (χ2v) is 4.00. The van der Waals surface area contributed by atoms with Gasteiger partial charge < -0.3 is 9.73 Å². The van der Waals surface area contributed by atoms with E-state index in [9.17, 15) is 4.79 Å². The fourth-order valence-corrected chi connectivity index (χ4v) is 1.43. The van der Waals surface area contributed by atoms with E-state index in [4.69, 9.17) is 4.42 Å². The molecule has 4 heteroatoms. The van der Waals surface area contributed by atoms with Crippen molar-refractivity contribution in [1.29, 1.82) is 0 Å². The van der Waals surface area contributed by atoms with E-state index in [1.165, 1.54) is 0 Å². The topological polar surface area (TPSA) is 42.2 Å². The molecule has 3 nitrogen and oxygen atoms in total. The van der Waals surface area contributed by atoms with Crippen LogP contribution >= 0.6 is 22.6 Å². The predicted octanol–water partition coefficient (Wildman–Crippen LogP) is 2.40. The monoisotopic (exact) mass is 307 g/mol. The summed E-state index contributed by atoms with van der Waals surface area (Å²) in [5, 5.41) is 2.80. The van der Waals surface area contributed by atoms with Crippen molar-refractivity contribution >= 4 is 28.5 Å². The van der Waals surface area contributed by atoms with E-state index in [2.05, 4.69) is 27.9 Å². The number of halogens is 1. The molecule has 1 heterocycles. The maximum atomic E-state index is 11.4. The Bertz CT molecular complexity index is 296. The van der Waals surface area contributed by atoms with Gasteiger partial charge in [0.2, 0.25) is 0 Å². The van der Waals surface area contributed by atoms with E-state index >= 15 is 0 Å². The van der Waals surface area contributed by atoms with Gasteiger partial charge >= 0.3 is 0 Å². The molecule has 0 atom stereocenters. The van der Waals surface area contributed by atoms with E-state index in [1.54, 1.807) is 6.07 Å². The molecule has 0 saturated carbocycles. The molecule has 0 spiro atoms. The Morgan fingerprint density at radius 2 is 2.36 bits per heavy atom. The maximum absolute atomic E-state index is 11.4. The number of furan rings is 1. The van der Waals surface area contributed by atoms with Gasteiger partial charge in [-0.2, -0.15) is 0 Å². The summed E-state index contributed by atoms with van der Waals surface area (Å²) in [7, 11) is 0. The average molecular weight is 307 g/mol. The van der Waals surface area contributed by atoms with Crippen molar-refractivity contribution in [3.8, 4) is 0 Å². The van der Waals surface area contributed by atoms with Crippen molar-refractivity contribution in [3.05, 3.63) is 23.7 Å². The van der Waals surface area contributed by atoms with Crippen LogP contribution in [0, 0.1) is 0 Å². The van der Waals surface area contributed by atoms with Gasteiger partial charge in [0.1, 0.15) is 5.76 Å². The zero-order valence-corrected chi connectivity index (χ0v) is 10.3. The standard InChI is InChI=1S/C10H14INO2/c1-2-8-4-5-9(14-8)10(13)12-7-3-6-11/h4-5H,2-3,6-7H2,1H3,(H,12,13). The number of amides is 1. The van der Waals surface area contributed by atoms with E-state index in [1.807, 2.05) is 13.0 Å². The second kappa shape index (κ2) is 6.06. The molecule has 0 fully saturated rings. The van der Waals surface area contributed by atoms with Crippen LogP contribution in [-0.2, 0) is 6.42 Å². The van der Waals surface area contributed by atoms with Crippen molar-refractivity contribution in [2.75, 3.05) is 11.0 Å². The first kappa shape index (κ1) is 11.6. The Labute approximate surface area is 97.4 Å². The number of nitrogens with one attached hydrogen (secondary N) is 1. The Balaban J connectivity index is 2.44. The predicted molar refractivity (Wildman–Crippen MR) is 63.9 cm³/mol. The fourth-order valence-electron chi connectivity index (χ4n) is 1.05. The highest BCUT2D eigenvalue weighted by Crippen LogP contribution is 2.07. The first-order valence-corrected chi connectivity index (χ1v) is 6.23. The number of rotatable bonds is 5. The number of alkyl halides is 1. The van der Waals surface area contributed by atoms with Crippen molar-refractivity contribution in [1.82, 2.24) is 5.32 Å². The molecule has 0 aliphatic rings. The van der Waals surface area contributed by atoms with Gasteiger partial charge in [0.05, 0.1) is 0 Å². The highest BCUT2D eigenvalue weighted by atomic mass is 127. The molecule has 0 aromatic carbocycles. The number of hydrogen-bond acceptors (Lipinski definition) is 2. The molecular formula is C10H14INO2. The molecule has 1 aromatic heterocycles. The minimum Gasteiger partial charge on any atom is -0.456 e. The average Bonchev–Trinajstić information content (AvgIpc) is 2.66. The second-order valence-electron chi connectivity index (χ2n) is 2.92. The number of aryl methyl sites for hydroxylation is 1. The quantitative estimate of drug-likeness (QED) is 0.516.